The smallest absolute Gasteiger partial charge is 0.247 e. The number of methoxy groups -OCH3 is 1. The molecule has 2 aliphatic heterocycles. The van der Waals surface area contributed by atoms with E-state index in [9.17, 15) is 19.5 Å². The van der Waals surface area contributed by atoms with E-state index in [4.69, 9.17) is 32.7 Å². The molecule has 0 radical (unpaired) electrons. The van der Waals surface area contributed by atoms with Crippen LogP contribution in [-0.4, -0.2) is 165 Å². The lowest BCUT2D eigenvalue weighted by Gasteiger charge is -2.45. The van der Waals surface area contributed by atoms with E-state index in [0.717, 1.165) is 41.1 Å². The number of benzene rings is 4. The van der Waals surface area contributed by atoms with Crippen molar-refractivity contribution in [1.82, 2.24) is 44.7 Å². The van der Waals surface area contributed by atoms with E-state index in [1.165, 1.54) is 21.8 Å². The molecule has 0 bridgehead atoms. The van der Waals surface area contributed by atoms with Crippen LogP contribution in [0.15, 0.2) is 103 Å². The highest BCUT2D eigenvalue weighted by Gasteiger charge is 2.44. The van der Waals surface area contributed by atoms with Crippen molar-refractivity contribution in [3.05, 3.63) is 136 Å². The lowest BCUT2D eigenvalue weighted by molar-refractivity contribution is -0.157. The van der Waals surface area contributed by atoms with Crippen molar-refractivity contribution >= 4 is 58.6 Å². The van der Waals surface area contributed by atoms with Gasteiger partial charge < -0.3 is 54.3 Å². The Balaban J connectivity index is 1.22. The molecule has 2 saturated heterocycles. The highest BCUT2D eigenvalue weighted by atomic mass is 35.5. The maximum absolute atomic E-state index is 15.8. The molecular weight excluding hydrogens is 1070 g/mol. The molecule has 1 aromatic heterocycles. The summed E-state index contributed by atoms with van der Waals surface area (Å²) in [5.41, 5.74) is 2.64. The summed E-state index contributed by atoms with van der Waals surface area (Å²) in [7, 11) is 10.6. The van der Waals surface area contributed by atoms with Crippen LogP contribution in [0.1, 0.15) is 74.4 Å². The number of imidazole rings is 1. The van der Waals surface area contributed by atoms with Crippen molar-refractivity contribution in [2.24, 2.45) is 13.0 Å². The number of hydrogen-bond acceptors (Lipinski definition) is 11. The summed E-state index contributed by atoms with van der Waals surface area (Å²) >= 11 is 13.0. The zero-order valence-corrected chi connectivity index (χ0v) is 48.8. The van der Waals surface area contributed by atoms with E-state index in [0.29, 0.717) is 40.7 Å². The number of aromatic nitrogens is 2. The zero-order chi connectivity index (χ0) is 58.1. The van der Waals surface area contributed by atoms with Crippen molar-refractivity contribution in [3.8, 4) is 22.8 Å². The molecule has 3 N–H and O–H groups in total. The second-order valence-corrected chi connectivity index (χ2v) is 23.3. The van der Waals surface area contributed by atoms with Crippen LogP contribution in [0, 0.1) is 5.92 Å². The Hall–Kier alpha value is -6.83. The van der Waals surface area contributed by atoms with E-state index >= 15 is 14.4 Å². The summed E-state index contributed by atoms with van der Waals surface area (Å²) in [5, 5.41) is 17.7. The van der Waals surface area contributed by atoms with Crippen molar-refractivity contribution in [2.75, 3.05) is 55.0 Å². The summed E-state index contributed by atoms with van der Waals surface area (Å²) in [5.74, 6) is -2.65. The van der Waals surface area contributed by atoms with Crippen LogP contribution in [0.5, 0.6) is 11.5 Å². The molecule has 6 amide bonds. The topological polar surface area (TPSA) is 199 Å². The Kier molecular flexibility index (Phi) is 20.0. The molecule has 5 aromatic rings. The van der Waals surface area contributed by atoms with Gasteiger partial charge in [0.25, 0.3) is 0 Å². The fourth-order valence-electron chi connectivity index (χ4n) is 11.3. The molecule has 8 rings (SSSR count). The Morgan fingerprint density at radius 1 is 0.815 bits per heavy atom. The quantitative estimate of drug-likeness (QED) is 0.101. The summed E-state index contributed by atoms with van der Waals surface area (Å²) in [6.07, 6.45) is 3.94. The number of nitrogens with zero attached hydrogens (tertiary/aromatic N) is 7. The molecule has 6 atom stereocenters. The third-order valence-corrected chi connectivity index (χ3v) is 16.2. The fraction of sp³-hybridized carbons (Fsp3) is 0.459. The van der Waals surface area contributed by atoms with Gasteiger partial charge in [0.2, 0.25) is 35.4 Å². The molecule has 0 unspecified atom stereocenters. The Morgan fingerprint density at radius 3 is 2.17 bits per heavy atom. The van der Waals surface area contributed by atoms with Gasteiger partial charge in [-0.15, -0.1) is 0 Å². The number of ether oxygens (including phenoxy) is 2. The predicted octanol–water partition coefficient (Wildman–Crippen LogP) is 6.67. The number of fused-ring (bicyclic) bond motifs is 1. The summed E-state index contributed by atoms with van der Waals surface area (Å²) < 4.78 is 14.2. The number of β-amino-alcohol motifs (C(OH)–C–C–N with tert-alkyl or cyclic N) is 1. The van der Waals surface area contributed by atoms with Gasteiger partial charge in [-0.3, -0.25) is 28.8 Å². The van der Waals surface area contributed by atoms with Gasteiger partial charge in [-0.05, 0) is 106 Å². The van der Waals surface area contributed by atoms with Crippen molar-refractivity contribution < 1.29 is 43.3 Å². The Labute approximate surface area is 484 Å². The van der Waals surface area contributed by atoms with E-state index in [1.54, 1.807) is 68.4 Å². The molecule has 3 fully saturated rings. The number of halogens is 2. The molecule has 1 aliphatic carbocycles. The van der Waals surface area contributed by atoms with E-state index < -0.39 is 78.2 Å². The predicted molar refractivity (Wildman–Crippen MR) is 309 cm³/mol. The number of rotatable bonds is 15. The molecule has 432 valence electrons. The number of carbonyl (C=O) groups is 6. The van der Waals surface area contributed by atoms with Gasteiger partial charge >= 0.3 is 0 Å². The first kappa shape index (κ1) is 60.3. The maximum atomic E-state index is 15.8. The molecule has 3 aliphatic rings. The first-order chi connectivity index (χ1) is 38.7. The number of carbonyl (C=O) groups excluding carboxylic acids is 6. The lowest BCUT2D eigenvalue weighted by atomic mass is 9.87. The van der Waals surface area contributed by atoms with E-state index in [2.05, 4.69) is 15.6 Å². The second-order valence-electron chi connectivity index (χ2n) is 22.4. The first-order valence-electron chi connectivity index (χ1n) is 27.6. The molecule has 0 spiro atoms. The number of amides is 6. The van der Waals surface area contributed by atoms with Gasteiger partial charge in [0.1, 0.15) is 29.4 Å². The second kappa shape index (κ2) is 26.8. The number of likely N-dealkylation sites (tertiary alicyclic amines) is 1. The van der Waals surface area contributed by atoms with Crippen molar-refractivity contribution in [2.45, 2.75) is 114 Å². The summed E-state index contributed by atoms with van der Waals surface area (Å²) in [6, 6.07) is 24.2. The van der Waals surface area contributed by atoms with Gasteiger partial charge in [-0.2, -0.15) is 0 Å². The third kappa shape index (κ3) is 15.4. The van der Waals surface area contributed by atoms with Gasteiger partial charge in [-0.1, -0.05) is 84.6 Å². The van der Waals surface area contributed by atoms with Gasteiger partial charge in [0, 0.05) is 74.4 Å². The van der Waals surface area contributed by atoms with Crippen LogP contribution in [0.4, 0.5) is 0 Å². The Bertz CT molecular complexity index is 3020. The number of nitrogens with one attached hydrogen (secondary N) is 2. The van der Waals surface area contributed by atoms with Crippen molar-refractivity contribution in [1.29, 1.82) is 0 Å². The average Bonchev–Trinajstić information content (AvgIpc) is 3.83. The highest BCUT2D eigenvalue weighted by molar-refractivity contribution is 6.31. The van der Waals surface area contributed by atoms with Crippen LogP contribution in [0.25, 0.3) is 11.3 Å². The molecular formula is C61H75Cl2N9O9. The number of likely N-dealkylation sites (N-methyl/N-ethyl adjacent to an activating group) is 2. The van der Waals surface area contributed by atoms with Crippen LogP contribution in [0.3, 0.4) is 0 Å². The first-order valence-corrected chi connectivity index (χ1v) is 28.3. The zero-order valence-electron chi connectivity index (χ0n) is 47.3. The number of aliphatic hydroxyl groups is 1. The molecule has 4 aromatic carbocycles. The molecule has 20 heteroatoms. The minimum Gasteiger partial charge on any atom is -0.457 e. The molecule has 1 saturated carbocycles. The van der Waals surface area contributed by atoms with Gasteiger partial charge in [0.05, 0.1) is 68.7 Å². The van der Waals surface area contributed by atoms with Crippen LogP contribution >= 0.6 is 23.2 Å². The SMILES string of the molecule is COC[C@@H]1NC(=O)[C@H](CC(=O)N2CC(C)(O)C2)N(Cc2ccc(Cl)cc2Oc2ccc(-c3cnc(CN(C)C)n3C)cc2)C(=O)C[C@@H](Cc2ccccc2)C(=O)N(C)[C@H]2CCCC[C@@H]2NC(=O)C[C@H](Cc2ccc(Cl)cc2)N(C)C1=O. The third-order valence-electron chi connectivity index (χ3n) is 15.7. The van der Waals surface area contributed by atoms with E-state index in [1.807, 2.05) is 91.4 Å². The highest BCUT2D eigenvalue weighted by Crippen LogP contribution is 2.34. The average molecular weight is 1150 g/mol. The monoisotopic (exact) mass is 1150 g/mol. The standard InChI is InChI=1S/C61H75Cl2N9O9/c1-61(79)37-71(38-61)56(74)32-51-58(76)66-49(36-80-7)60(78)68(4)46(28-40-17-22-44(62)23-18-40)31-55(73)65-48-15-11-12-16-50(48)70(6)59(77)43(27-39-13-9-8-10-14-39)29-57(75)72(51)34-42-19-24-45(63)30-53(42)81-47-25-20-41(21-26-47)52-33-64-54(69(52)5)35-67(2)3/h8-10,13-14,17-26,30,33,43,46,48-51,79H,11-12,15-16,27-29,31-32,34-38H2,1-7H3,(H,65,73)(H,66,76)/t43-,46+,48+,49+,50+,51+/m1/s1. The largest absolute Gasteiger partial charge is 0.457 e. The fourth-order valence-corrected chi connectivity index (χ4v) is 11.6. The lowest BCUT2D eigenvalue weighted by Crippen LogP contribution is -2.63. The van der Waals surface area contributed by atoms with Crippen LogP contribution < -0.4 is 15.4 Å². The van der Waals surface area contributed by atoms with Crippen LogP contribution in [0.2, 0.25) is 10.0 Å². The minimum absolute atomic E-state index is 0.0137. The molecule has 81 heavy (non-hydrogen) atoms. The van der Waals surface area contributed by atoms with Crippen LogP contribution in [-0.2, 0) is 66.5 Å². The van der Waals surface area contributed by atoms with Gasteiger partial charge in [-0.25, -0.2) is 4.98 Å². The summed E-state index contributed by atoms with van der Waals surface area (Å²) in [6.45, 7) is 1.60. The Morgan fingerprint density at radius 2 is 1.49 bits per heavy atom. The molecule has 18 nitrogen and oxygen atoms in total. The van der Waals surface area contributed by atoms with E-state index in [-0.39, 0.29) is 63.1 Å². The van der Waals surface area contributed by atoms with Crippen molar-refractivity contribution in [3.63, 3.8) is 0 Å². The molecule has 3 heterocycles. The maximum Gasteiger partial charge on any atom is 0.247 e. The summed E-state index contributed by atoms with van der Waals surface area (Å²) in [4.78, 5) is 103. The normalized spacial score (nSPS) is 22.4. The van der Waals surface area contributed by atoms with Gasteiger partial charge in [0.15, 0.2) is 0 Å². The minimum atomic E-state index is -1.60. The number of hydrogen-bond donors (Lipinski definition) is 3.